The van der Waals surface area contributed by atoms with Crippen LogP contribution in [0, 0.1) is 5.82 Å². The van der Waals surface area contributed by atoms with E-state index in [4.69, 9.17) is 21.1 Å². The van der Waals surface area contributed by atoms with Gasteiger partial charge in [0, 0.05) is 22.1 Å². The van der Waals surface area contributed by atoms with Crippen LogP contribution in [0.15, 0.2) is 89.6 Å². The fraction of sp³-hybridized carbons (Fsp3) is 0.107. The highest BCUT2D eigenvalue weighted by Crippen LogP contribution is 2.35. The van der Waals surface area contributed by atoms with E-state index >= 15 is 0 Å². The lowest BCUT2D eigenvalue weighted by atomic mass is 10.0. The van der Waals surface area contributed by atoms with Crippen molar-refractivity contribution in [3.05, 3.63) is 106 Å². The minimum Gasteiger partial charge on any atom is -0.484 e. The summed E-state index contributed by atoms with van der Waals surface area (Å²) in [4.78, 5) is 39.3. The normalized spacial score (nSPS) is 14.2. The first-order valence-electron chi connectivity index (χ1n) is 11.2. The number of nitrogens with zero attached hydrogens (tertiary/aromatic N) is 1. The molecule has 0 unspecified atom stereocenters. The van der Waals surface area contributed by atoms with Crippen LogP contribution in [0.25, 0.3) is 6.08 Å². The highest BCUT2D eigenvalue weighted by Gasteiger charge is 2.37. The Kier molecular flexibility index (Phi) is 7.69. The Labute approximate surface area is 217 Å². The first kappa shape index (κ1) is 25.7. The summed E-state index contributed by atoms with van der Waals surface area (Å²) < 4.78 is 23.8. The summed E-state index contributed by atoms with van der Waals surface area (Å²) in [5.74, 6) is -1.46. The lowest BCUT2D eigenvalue weighted by Crippen LogP contribution is -2.24. The predicted molar refractivity (Wildman–Crippen MR) is 139 cm³/mol. The number of nitrogens with one attached hydrogen (secondary N) is 1. The molecule has 0 radical (unpaired) electrons. The molecule has 7 nitrogen and oxygen atoms in total. The van der Waals surface area contributed by atoms with Crippen LogP contribution in [0.4, 0.5) is 15.8 Å². The van der Waals surface area contributed by atoms with Crippen LogP contribution in [0.1, 0.15) is 12.5 Å². The molecule has 1 aliphatic heterocycles. The molecule has 0 saturated carbocycles. The average Bonchev–Trinajstić information content (AvgIpc) is 3.12. The van der Waals surface area contributed by atoms with Crippen LogP contribution in [0.5, 0.6) is 5.75 Å². The van der Waals surface area contributed by atoms with E-state index in [1.165, 1.54) is 36.3 Å². The third kappa shape index (κ3) is 5.87. The van der Waals surface area contributed by atoms with Gasteiger partial charge in [0.1, 0.15) is 11.6 Å². The third-order valence-electron chi connectivity index (χ3n) is 5.54. The van der Waals surface area contributed by atoms with Crippen molar-refractivity contribution in [1.29, 1.82) is 0 Å². The van der Waals surface area contributed by atoms with Crippen molar-refractivity contribution in [1.82, 2.24) is 0 Å². The number of carbonyl (C=O) groups is 3. The number of anilines is 2. The number of carbonyl (C=O) groups excluding carboxylic acids is 3. The van der Waals surface area contributed by atoms with Gasteiger partial charge in [-0.15, -0.1) is 0 Å². The van der Waals surface area contributed by atoms with E-state index in [2.05, 4.69) is 5.32 Å². The summed E-state index contributed by atoms with van der Waals surface area (Å²) >= 11 is 5.92. The van der Waals surface area contributed by atoms with Gasteiger partial charge in [-0.1, -0.05) is 29.8 Å². The Morgan fingerprint density at radius 3 is 2.41 bits per heavy atom. The molecule has 2 amide bonds. The predicted octanol–water partition coefficient (Wildman–Crippen LogP) is 5.37. The van der Waals surface area contributed by atoms with E-state index in [0.29, 0.717) is 33.4 Å². The Balaban J connectivity index is 1.50. The number of ether oxygens (including phenoxy) is 2. The first-order valence-corrected chi connectivity index (χ1v) is 11.5. The van der Waals surface area contributed by atoms with Gasteiger partial charge in [-0.3, -0.25) is 14.5 Å². The van der Waals surface area contributed by atoms with Gasteiger partial charge in [-0.25, -0.2) is 9.18 Å². The van der Waals surface area contributed by atoms with Crippen LogP contribution in [-0.4, -0.2) is 31.5 Å². The zero-order valence-electron chi connectivity index (χ0n) is 20.0. The Bertz CT molecular complexity index is 1420. The Hall–Kier alpha value is -4.43. The fourth-order valence-electron chi connectivity index (χ4n) is 3.82. The van der Waals surface area contributed by atoms with Crippen LogP contribution in [0.3, 0.4) is 0 Å². The highest BCUT2D eigenvalue weighted by molar-refractivity contribution is 6.30. The summed E-state index contributed by atoms with van der Waals surface area (Å²) in [5, 5.41) is 3.20. The average molecular weight is 521 g/mol. The highest BCUT2D eigenvalue weighted by atomic mass is 35.5. The van der Waals surface area contributed by atoms with E-state index in [1.54, 1.807) is 61.5 Å². The number of hydrogen-bond donors (Lipinski definition) is 1. The number of amides is 2. The van der Waals surface area contributed by atoms with Gasteiger partial charge in [0.05, 0.1) is 18.3 Å². The SMILES string of the molecule is COC(=O)C1=C(C)N(c2ccc(F)cc2)C(=O)/C1=C\c1ccc(OCC(=O)Nc2cccc(Cl)c2)cc1. The van der Waals surface area contributed by atoms with Crippen molar-refractivity contribution in [2.75, 3.05) is 23.9 Å². The van der Waals surface area contributed by atoms with Gasteiger partial charge in [-0.05, 0) is 73.2 Å². The van der Waals surface area contributed by atoms with E-state index in [-0.39, 0.29) is 23.7 Å². The molecule has 37 heavy (non-hydrogen) atoms. The monoisotopic (exact) mass is 520 g/mol. The summed E-state index contributed by atoms with van der Waals surface area (Å²) in [6.07, 6.45) is 1.57. The van der Waals surface area contributed by atoms with Gasteiger partial charge in [-0.2, -0.15) is 0 Å². The number of methoxy groups -OCH3 is 1. The number of benzene rings is 3. The fourth-order valence-corrected chi connectivity index (χ4v) is 4.01. The van der Waals surface area contributed by atoms with E-state index in [9.17, 15) is 18.8 Å². The standard InChI is InChI=1S/C28H22ClFN2O5/c1-17-26(28(35)36-2)24(27(34)32(17)22-10-8-20(30)9-11-22)14-18-6-12-23(13-7-18)37-16-25(33)31-21-5-3-4-19(29)15-21/h3-15H,16H2,1-2H3,(H,31,33)/b24-14-. The van der Waals surface area contributed by atoms with E-state index < -0.39 is 17.7 Å². The third-order valence-corrected chi connectivity index (χ3v) is 5.78. The summed E-state index contributed by atoms with van der Waals surface area (Å²) in [6.45, 7) is 1.41. The van der Waals surface area contributed by atoms with Crippen molar-refractivity contribution >= 4 is 46.8 Å². The van der Waals surface area contributed by atoms with Gasteiger partial charge in [0.2, 0.25) is 0 Å². The van der Waals surface area contributed by atoms with Crippen molar-refractivity contribution in [2.45, 2.75) is 6.92 Å². The molecule has 0 saturated heterocycles. The van der Waals surface area contributed by atoms with Crippen molar-refractivity contribution in [3.8, 4) is 5.75 Å². The molecule has 1 N–H and O–H groups in total. The van der Waals surface area contributed by atoms with Crippen LogP contribution in [0.2, 0.25) is 5.02 Å². The van der Waals surface area contributed by atoms with Gasteiger partial charge < -0.3 is 14.8 Å². The minimum atomic E-state index is -0.660. The molecule has 0 atom stereocenters. The van der Waals surface area contributed by atoms with Crippen molar-refractivity contribution in [3.63, 3.8) is 0 Å². The lowest BCUT2D eigenvalue weighted by molar-refractivity contribution is -0.136. The quantitative estimate of drug-likeness (QED) is 0.334. The maximum Gasteiger partial charge on any atom is 0.340 e. The van der Waals surface area contributed by atoms with Crippen molar-refractivity contribution < 1.29 is 28.2 Å². The molecule has 1 heterocycles. The molecule has 188 valence electrons. The largest absolute Gasteiger partial charge is 0.484 e. The molecule has 0 spiro atoms. The number of esters is 1. The van der Waals surface area contributed by atoms with Gasteiger partial charge in [0.25, 0.3) is 11.8 Å². The first-order chi connectivity index (χ1) is 17.8. The smallest absolute Gasteiger partial charge is 0.340 e. The van der Waals surface area contributed by atoms with E-state index in [1.807, 2.05) is 0 Å². The number of rotatable bonds is 7. The Morgan fingerprint density at radius 2 is 1.76 bits per heavy atom. The van der Waals surface area contributed by atoms with Crippen LogP contribution >= 0.6 is 11.6 Å². The molecular weight excluding hydrogens is 499 g/mol. The van der Waals surface area contributed by atoms with Gasteiger partial charge in [0.15, 0.2) is 6.61 Å². The summed E-state index contributed by atoms with van der Waals surface area (Å²) in [7, 11) is 1.24. The molecule has 4 rings (SSSR count). The number of allylic oxidation sites excluding steroid dienone is 1. The summed E-state index contributed by atoms with van der Waals surface area (Å²) in [5.41, 5.74) is 2.24. The maximum absolute atomic E-state index is 13.4. The van der Waals surface area contributed by atoms with Gasteiger partial charge >= 0.3 is 5.97 Å². The number of hydrogen-bond acceptors (Lipinski definition) is 5. The molecule has 0 aromatic heterocycles. The zero-order valence-corrected chi connectivity index (χ0v) is 20.7. The second-order valence-corrected chi connectivity index (χ2v) is 8.48. The Morgan fingerprint density at radius 1 is 1.05 bits per heavy atom. The topological polar surface area (TPSA) is 84.9 Å². The minimum absolute atomic E-state index is 0.120. The molecule has 3 aromatic carbocycles. The second kappa shape index (κ2) is 11.1. The zero-order chi connectivity index (χ0) is 26.5. The van der Waals surface area contributed by atoms with Crippen LogP contribution in [-0.2, 0) is 19.1 Å². The second-order valence-electron chi connectivity index (χ2n) is 8.04. The molecule has 0 fully saturated rings. The molecule has 9 heteroatoms. The van der Waals surface area contributed by atoms with E-state index in [0.717, 1.165) is 0 Å². The molecule has 0 bridgehead atoms. The molecule has 0 aliphatic carbocycles. The lowest BCUT2D eigenvalue weighted by Gasteiger charge is -2.17. The molecule has 1 aliphatic rings. The van der Waals surface area contributed by atoms with Crippen molar-refractivity contribution in [2.24, 2.45) is 0 Å². The molecule has 3 aromatic rings. The summed E-state index contributed by atoms with van der Waals surface area (Å²) in [6, 6.07) is 18.8. The maximum atomic E-state index is 13.4. The van der Waals surface area contributed by atoms with Crippen LogP contribution < -0.4 is 15.0 Å². The number of halogens is 2. The molecular formula is C28H22ClFN2O5.